The molecule has 1 aromatic rings. The predicted molar refractivity (Wildman–Crippen MR) is 105 cm³/mol. The Morgan fingerprint density at radius 1 is 1.22 bits per heavy atom. The van der Waals surface area contributed by atoms with Crippen LogP contribution < -0.4 is 10.6 Å². The number of rotatable bonds is 11. The number of urea groups is 1. The first-order valence-corrected chi connectivity index (χ1v) is 9.61. The van der Waals surface area contributed by atoms with Gasteiger partial charge in [-0.15, -0.1) is 0 Å². The van der Waals surface area contributed by atoms with Crippen LogP contribution in [0.3, 0.4) is 0 Å². The summed E-state index contributed by atoms with van der Waals surface area (Å²) in [6.45, 7) is 6.61. The highest BCUT2D eigenvalue weighted by atomic mass is 127. The topological polar surface area (TPSA) is 50.4 Å². The van der Waals surface area contributed by atoms with E-state index in [4.69, 9.17) is 4.74 Å². The number of ether oxygens (including phenoxy) is 1. The number of hydrogen-bond acceptors (Lipinski definition) is 2. The largest absolute Gasteiger partial charge is 0.381 e. The lowest BCUT2D eigenvalue weighted by Crippen LogP contribution is -2.30. The van der Waals surface area contributed by atoms with Gasteiger partial charge in [-0.1, -0.05) is 33.1 Å². The van der Waals surface area contributed by atoms with Crippen LogP contribution in [0.1, 0.15) is 46.0 Å². The van der Waals surface area contributed by atoms with Crippen molar-refractivity contribution in [2.24, 2.45) is 5.92 Å². The summed E-state index contributed by atoms with van der Waals surface area (Å²) in [4.78, 5) is 11.7. The van der Waals surface area contributed by atoms with Gasteiger partial charge in [-0.25, -0.2) is 4.79 Å². The number of benzene rings is 1. The fourth-order valence-electron chi connectivity index (χ4n) is 2.23. The molecule has 1 atom stereocenters. The number of nitrogens with one attached hydrogen (secondary N) is 2. The Bertz CT molecular complexity index is 437. The number of unbranched alkanes of at least 4 members (excludes halogenated alkanes) is 1. The van der Waals surface area contributed by atoms with Crippen molar-refractivity contribution in [2.75, 3.05) is 25.1 Å². The van der Waals surface area contributed by atoms with Crippen molar-refractivity contribution < 1.29 is 9.53 Å². The smallest absolute Gasteiger partial charge is 0.319 e. The summed E-state index contributed by atoms with van der Waals surface area (Å²) in [7, 11) is 0. The molecule has 0 aliphatic rings. The molecule has 0 saturated heterocycles. The molecule has 2 amide bonds. The quantitative estimate of drug-likeness (QED) is 0.381. The van der Waals surface area contributed by atoms with Crippen molar-refractivity contribution in [3.63, 3.8) is 0 Å². The molecule has 0 radical (unpaired) electrons. The van der Waals surface area contributed by atoms with Crippen LogP contribution in [0.15, 0.2) is 24.3 Å². The van der Waals surface area contributed by atoms with Crippen molar-refractivity contribution >= 4 is 34.3 Å². The molecule has 1 rings (SSSR count). The van der Waals surface area contributed by atoms with E-state index in [1.54, 1.807) is 0 Å². The monoisotopic (exact) mass is 432 g/mol. The Morgan fingerprint density at radius 2 is 1.96 bits per heavy atom. The van der Waals surface area contributed by atoms with Crippen molar-refractivity contribution in [2.45, 2.75) is 46.0 Å². The summed E-state index contributed by atoms with van der Waals surface area (Å²) in [5.41, 5.74) is 0.806. The Hall–Kier alpha value is -0.820. The van der Waals surface area contributed by atoms with Crippen molar-refractivity contribution in [3.05, 3.63) is 27.8 Å². The maximum atomic E-state index is 11.7. The molecule has 0 bridgehead atoms. The normalized spacial score (nSPS) is 12.0. The maximum absolute atomic E-state index is 11.7. The van der Waals surface area contributed by atoms with Gasteiger partial charge in [0.25, 0.3) is 0 Å². The molecule has 130 valence electrons. The summed E-state index contributed by atoms with van der Waals surface area (Å²) in [6, 6.07) is 7.55. The molecule has 23 heavy (non-hydrogen) atoms. The van der Waals surface area contributed by atoms with E-state index in [0.717, 1.165) is 22.3 Å². The second kappa shape index (κ2) is 12.6. The standard InChI is InChI=1S/C18H29IN2O2/c1-3-5-7-15(4-2)14-23-13-6-12-20-18(22)21-17-10-8-16(19)9-11-17/h8-11,15H,3-7,12-14H2,1-2H3,(H2,20,21,22). The van der Waals surface area contributed by atoms with E-state index >= 15 is 0 Å². The van der Waals surface area contributed by atoms with E-state index in [1.807, 2.05) is 24.3 Å². The van der Waals surface area contributed by atoms with Crippen LogP contribution in [-0.2, 0) is 4.74 Å². The number of halogens is 1. The SMILES string of the molecule is CCCCC(CC)COCCCNC(=O)Nc1ccc(I)cc1. The van der Waals surface area contributed by atoms with Gasteiger partial charge in [-0.3, -0.25) is 0 Å². The Kier molecular flexibility index (Phi) is 11.1. The van der Waals surface area contributed by atoms with Gasteiger partial charge in [0.1, 0.15) is 0 Å². The van der Waals surface area contributed by atoms with Crippen LogP contribution in [0, 0.1) is 9.49 Å². The van der Waals surface area contributed by atoms with Crippen molar-refractivity contribution in [3.8, 4) is 0 Å². The minimum atomic E-state index is -0.166. The van der Waals surface area contributed by atoms with Crippen LogP contribution in [0.4, 0.5) is 10.5 Å². The average molecular weight is 432 g/mol. The number of hydrogen-bond donors (Lipinski definition) is 2. The number of carbonyl (C=O) groups is 1. The van der Waals surface area contributed by atoms with E-state index in [-0.39, 0.29) is 6.03 Å². The van der Waals surface area contributed by atoms with E-state index in [1.165, 1.54) is 25.7 Å². The molecule has 0 aliphatic carbocycles. The van der Waals surface area contributed by atoms with Gasteiger partial charge in [0.15, 0.2) is 0 Å². The fraction of sp³-hybridized carbons (Fsp3) is 0.611. The zero-order chi connectivity index (χ0) is 16.9. The zero-order valence-electron chi connectivity index (χ0n) is 14.2. The first-order chi connectivity index (χ1) is 11.2. The van der Waals surface area contributed by atoms with E-state index in [0.29, 0.717) is 19.1 Å². The molecule has 0 aliphatic heterocycles. The maximum Gasteiger partial charge on any atom is 0.319 e. The molecule has 1 aromatic carbocycles. The van der Waals surface area contributed by atoms with Gasteiger partial charge in [0.05, 0.1) is 0 Å². The van der Waals surface area contributed by atoms with E-state index in [9.17, 15) is 4.79 Å². The summed E-state index contributed by atoms with van der Waals surface area (Å²) in [6.07, 6.45) is 5.79. The van der Waals surface area contributed by atoms with Gasteiger partial charge in [-0.2, -0.15) is 0 Å². The highest BCUT2D eigenvalue weighted by Gasteiger charge is 2.06. The van der Waals surface area contributed by atoms with Gasteiger partial charge in [-0.05, 0) is 65.6 Å². The first kappa shape index (κ1) is 20.2. The average Bonchev–Trinajstić information content (AvgIpc) is 2.55. The molecular weight excluding hydrogens is 403 g/mol. The van der Waals surface area contributed by atoms with Gasteiger partial charge >= 0.3 is 6.03 Å². The van der Waals surface area contributed by atoms with Crippen LogP contribution in [0.2, 0.25) is 0 Å². The summed E-state index contributed by atoms with van der Waals surface area (Å²) in [5.74, 6) is 0.673. The predicted octanol–water partition coefficient (Wildman–Crippen LogP) is 5.04. The zero-order valence-corrected chi connectivity index (χ0v) is 16.4. The molecule has 0 spiro atoms. The first-order valence-electron chi connectivity index (χ1n) is 8.53. The summed E-state index contributed by atoms with van der Waals surface area (Å²) >= 11 is 2.24. The molecule has 2 N–H and O–H groups in total. The lowest BCUT2D eigenvalue weighted by atomic mass is 10.0. The van der Waals surface area contributed by atoms with Gasteiger partial charge < -0.3 is 15.4 Å². The van der Waals surface area contributed by atoms with Gasteiger partial charge in [0.2, 0.25) is 0 Å². The summed E-state index contributed by atoms with van der Waals surface area (Å²) < 4.78 is 6.87. The van der Waals surface area contributed by atoms with E-state index in [2.05, 4.69) is 47.1 Å². The lowest BCUT2D eigenvalue weighted by Gasteiger charge is -2.14. The molecular formula is C18H29IN2O2. The Balaban J connectivity index is 2.05. The molecule has 4 nitrogen and oxygen atoms in total. The second-order valence-corrected chi connectivity index (χ2v) is 6.98. The third-order valence-corrected chi connectivity index (χ3v) is 4.47. The van der Waals surface area contributed by atoms with Crippen molar-refractivity contribution in [1.29, 1.82) is 0 Å². The van der Waals surface area contributed by atoms with Crippen LogP contribution in [0.25, 0.3) is 0 Å². The Morgan fingerprint density at radius 3 is 2.61 bits per heavy atom. The van der Waals surface area contributed by atoms with Crippen LogP contribution in [0.5, 0.6) is 0 Å². The number of amides is 2. The number of anilines is 1. The highest BCUT2D eigenvalue weighted by Crippen LogP contribution is 2.13. The molecule has 1 unspecified atom stereocenters. The van der Waals surface area contributed by atoms with Gasteiger partial charge in [0, 0.05) is 29.0 Å². The molecule has 0 aromatic heterocycles. The second-order valence-electron chi connectivity index (χ2n) is 5.73. The number of carbonyl (C=O) groups excluding carboxylic acids is 1. The van der Waals surface area contributed by atoms with Crippen LogP contribution >= 0.6 is 22.6 Å². The fourth-order valence-corrected chi connectivity index (χ4v) is 2.59. The van der Waals surface area contributed by atoms with Crippen molar-refractivity contribution in [1.82, 2.24) is 5.32 Å². The minimum absolute atomic E-state index is 0.166. The highest BCUT2D eigenvalue weighted by molar-refractivity contribution is 14.1. The van der Waals surface area contributed by atoms with E-state index < -0.39 is 0 Å². The lowest BCUT2D eigenvalue weighted by molar-refractivity contribution is 0.0925. The molecule has 0 fully saturated rings. The molecule has 5 heteroatoms. The molecule has 0 saturated carbocycles. The third kappa shape index (κ3) is 9.81. The summed E-state index contributed by atoms with van der Waals surface area (Å²) in [5, 5.41) is 5.67. The Labute approximate surface area is 153 Å². The molecule has 0 heterocycles. The minimum Gasteiger partial charge on any atom is -0.381 e. The third-order valence-electron chi connectivity index (χ3n) is 3.75. The van der Waals surface area contributed by atoms with Crippen LogP contribution in [-0.4, -0.2) is 25.8 Å².